The minimum absolute atomic E-state index is 0.511. The molecular weight excluding hydrogens is 268 g/mol. The quantitative estimate of drug-likeness (QED) is 0.439. The van der Waals surface area contributed by atoms with Crippen LogP contribution >= 0.6 is 24.0 Å². The highest BCUT2D eigenvalue weighted by molar-refractivity contribution is 7.98. The van der Waals surface area contributed by atoms with Crippen LogP contribution in [0.1, 0.15) is 6.42 Å². The van der Waals surface area contributed by atoms with Crippen molar-refractivity contribution in [3.8, 4) is 0 Å². The van der Waals surface area contributed by atoms with Crippen molar-refractivity contribution in [2.75, 3.05) is 38.0 Å². The number of hydrogen-bond acceptors (Lipinski definition) is 6. The average Bonchev–Trinajstić information content (AvgIpc) is 2.38. The van der Waals surface area contributed by atoms with Crippen molar-refractivity contribution in [2.45, 2.75) is 11.4 Å². The number of anilines is 1. The summed E-state index contributed by atoms with van der Waals surface area (Å²) in [6.07, 6.45) is 4.22. The van der Waals surface area contributed by atoms with Gasteiger partial charge >= 0.3 is 0 Å². The van der Waals surface area contributed by atoms with Gasteiger partial charge in [0.05, 0.1) is 11.6 Å². The lowest BCUT2D eigenvalue weighted by molar-refractivity contribution is 0.205. The fourth-order valence-electron chi connectivity index (χ4n) is 1.40. The number of hydrogen-bond donors (Lipinski definition) is 1. The summed E-state index contributed by atoms with van der Waals surface area (Å²) in [5.41, 5.74) is 5.54. The maximum atomic E-state index is 5.54. The van der Waals surface area contributed by atoms with Gasteiger partial charge in [0, 0.05) is 32.7 Å². The molecule has 0 bridgehead atoms. The number of thioether (sulfide) groups is 1. The Morgan fingerprint density at radius 3 is 2.89 bits per heavy atom. The predicted octanol–water partition coefficient (Wildman–Crippen LogP) is 1.33. The summed E-state index contributed by atoms with van der Waals surface area (Å²) in [6.45, 7) is 2.13. The van der Waals surface area contributed by atoms with Gasteiger partial charge in [-0.1, -0.05) is 12.2 Å². The molecule has 0 fully saturated rings. The molecule has 1 heterocycles. The van der Waals surface area contributed by atoms with Gasteiger partial charge in [0.15, 0.2) is 0 Å². The van der Waals surface area contributed by atoms with Crippen LogP contribution in [0.4, 0.5) is 5.82 Å². The first-order valence-corrected chi connectivity index (χ1v) is 7.19. The molecule has 0 radical (unpaired) electrons. The monoisotopic (exact) mass is 286 g/mol. The summed E-state index contributed by atoms with van der Waals surface area (Å²) in [7, 11) is 1.68. The highest BCUT2D eigenvalue weighted by Gasteiger charge is 2.09. The van der Waals surface area contributed by atoms with Gasteiger partial charge < -0.3 is 15.4 Å². The van der Waals surface area contributed by atoms with Crippen LogP contribution in [-0.2, 0) is 4.74 Å². The van der Waals surface area contributed by atoms with E-state index in [0.29, 0.717) is 18.0 Å². The van der Waals surface area contributed by atoms with E-state index in [1.54, 1.807) is 25.2 Å². The van der Waals surface area contributed by atoms with Crippen molar-refractivity contribution in [1.82, 2.24) is 9.97 Å². The third-order valence-corrected chi connectivity index (χ3v) is 3.20. The molecule has 0 unspecified atom stereocenters. The summed E-state index contributed by atoms with van der Waals surface area (Å²) in [6, 6.07) is 1.96. The molecule has 0 aromatic carbocycles. The number of nitrogens with zero attached hydrogens (tertiary/aromatic N) is 3. The van der Waals surface area contributed by atoms with Gasteiger partial charge in [0.25, 0.3) is 0 Å². The molecule has 0 amide bonds. The lowest BCUT2D eigenvalue weighted by Crippen LogP contribution is -2.31. The first-order valence-electron chi connectivity index (χ1n) is 5.55. The number of methoxy groups -OCH3 is 1. The number of thiocarbonyl (C=S) groups is 1. The molecule has 0 spiro atoms. The molecule has 1 aromatic rings. The normalized spacial score (nSPS) is 10.3. The highest BCUT2D eigenvalue weighted by Crippen LogP contribution is 2.17. The fraction of sp³-hybridized carbons (Fsp3) is 0.545. The number of ether oxygens (including phenoxy) is 1. The van der Waals surface area contributed by atoms with Crippen LogP contribution in [0.2, 0.25) is 0 Å². The Balaban J connectivity index is 2.75. The van der Waals surface area contributed by atoms with Gasteiger partial charge in [-0.15, -0.1) is 11.8 Å². The summed E-state index contributed by atoms with van der Waals surface area (Å²) in [4.78, 5) is 11.1. The Bertz CT molecular complexity index is 389. The van der Waals surface area contributed by atoms with E-state index in [9.17, 15) is 0 Å². The molecule has 0 aliphatic rings. The standard InChI is InChI=1S/C11H18N4OS2/c1-16-6-5-15(4-3-9(12)17)10-7-11(18-2)14-8-13-10/h7-8H,3-6H2,1-2H3,(H2,12,17). The van der Waals surface area contributed by atoms with Crippen molar-refractivity contribution in [3.05, 3.63) is 12.4 Å². The molecule has 0 saturated carbocycles. The minimum atomic E-state index is 0.511. The molecule has 0 aliphatic carbocycles. The van der Waals surface area contributed by atoms with Crippen LogP contribution in [0, 0.1) is 0 Å². The number of nitrogens with two attached hydrogens (primary N) is 1. The van der Waals surface area contributed by atoms with E-state index >= 15 is 0 Å². The molecule has 100 valence electrons. The number of rotatable bonds is 8. The Hall–Kier alpha value is -0.920. The first kappa shape index (κ1) is 15.1. The van der Waals surface area contributed by atoms with Gasteiger partial charge in [-0.2, -0.15) is 0 Å². The molecule has 0 atom stereocenters. The predicted molar refractivity (Wildman–Crippen MR) is 79.3 cm³/mol. The van der Waals surface area contributed by atoms with Crippen molar-refractivity contribution in [3.63, 3.8) is 0 Å². The van der Waals surface area contributed by atoms with E-state index in [1.165, 1.54) is 0 Å². The molecule has 0 saturated heterocycles. The van der Waals surface area contributed by atoms with E-state index in [0.717, 1.165) is 23.9 Å². The number of aromatic nitrogens is 2. The zero-order chi connectivity index (χ0) is 13.4. The van der Waals surface area contributed by atoms with Gasteiger partial charge in [-0.05, 0) is 6.26 Å². The fourth-order valence-corrected chi connectivity index (χ4v) is 1.87. The summed E-state index contributed by atoms with van der Waals surface area (Å²) in [5, 5.41) is 0.942. The van der Waals surface area contributed by atoms with Gasteiger partial charge in [0.1, 0.15) is 17.2 Å². The van der Waals surface area contributed by atoms with Crippen molar-refractivity contribution < 1.29 is 4.74 Å². The summed E-state index contributed by atoms with van der Waals surface area (Å²) < 4.78 is 5.10. The summed E-state index contributed by atoms with van der Waals surface area (Å²) in [5.74, 6) is 0.877. The maximum absolute atomic E-state index is 5.54. The second-order valence-electron chi connectivity index (χ2n) is 3.61. The highest BCUT2D eigenvalue weighted by atomic mass is 32.2. The first-order chi connectivity index (χ1) is 8.67. The topological polar surface area (TPSA) is 64.3 Å². The molecule has 2 N–H and O–H groups in total. The minimum Gasteiger partial charge on any atom is -0.393 e. The third kappa shape index (κ3) is 5.16. The van der Waals surface area contributed by atoms with Crippen LogP contribution in [-0.4, -0.2) is 48.0 Å². The van der Waals surface area contributed by atoms with Gasteiger partial charge in [-0.3, -0.25) is 0 Å². The molecule has 7 heteroatoms. The van der Waals surface area contributed by atoms with E-state index in [1.807, 2.05) is 12.3 Å². The molecule has 1 rings (SSSR count). The van der Waals surface area contributed by atoms with Crippen LogP contribution in [0.5, 0.6) is 0 Å². The average molecular weight is 286 g/mol. The Labute approximate surface area is 117 Å². The summed E-state index contributed by atoms with van der Waals surface area (Å²) >= 11 is 6.50. The molecule has 0 aliphatic heterocycles. The molecule has 1 aromatic heterocycles. The van der Waals surface area contributed by atoms with Gasteiger partial charge in [0.2, 0.25) is 0 Å². The molecule has 5 nitrogen and oxygen atoms in total. The zero-order valence-corrected chi connectivity index (χ0v) is 12.3. The smallest absolute Gasteiger partial charge is 0.133 e. The van der Waals surface area contributed by atoms with Gasteiger partial charge in [-0.25, -0.2) is 9.97 Å². The largest absolute Gasteiger partial charge is 0.393 e. The second kappa shape index (κ2) is 8.23. The third-order valence-electron chi connectivity index (χ3n) is 2.35. The second-order valence-corrected chi connectivity index (χ2v) is 4.97. The lowest BCUT2D eigenvalue weighted by Gasteiger charge is -2.23. The van der Waals surface area contributed by atoms with E-state index in [2.05, 4.69) is 14.9 Å². The Kier molecular flexibility index (Phi) is 6.92. The Morgan fingerprint density at radius 2 is 2.28 bits per heavy atom. The van der Waals surface area contributed by atoms with E-state index in [-0.39, 0.29) is 0 Å². The zero-order valence-electron chi connectivity index (χ0n) is 10.6. The van der Waals surface area contributed by atoms with Crippen LogP contribution in [0.15, 0.2) is 17.4 Å². The SMILES string of the molecule is COCCN(CCC(N)=S)c1cc(SC)ncn1. The van der Waals surface area contributed by atoms with E-state index in [4.69, 9.17) is 22.7 Å². The van der Waals surface area contributed by atoms with Crippen molar-refractivity contribution in [1.29, 1.82) is 0 Å². The van der Waals surface area contributed by atoms with Crippen LogP contribution in [0.25, 0.3) is 0 Å². The van der Waals surface area contributed by atoms with Crippen molar-refractivity contribution in [2.24, 2.45) is 5.73 Å². The van der Waals surface area contributed by atoms with Crippen LogP contribution < -0.4 is 10.6 Å². The Morgan fingerprint density at radius 1 is 1.50 bits per heavy atom. The van der Waals surface area contributed by atoms with Crippen LogP contribution in [0.3, 0.4) is 0 Å². The lowest BCUT2D eigenvalue weighted by atomic mass is 10.3. The van der Waals surface area contributed by atoms with E-state index < -0.39 is 0 Å². The van der Waals surface area contributed by atoms with Crippen molar-refractivity contribution >= 4 is 34.8 Å². The maximum Gasteiger partial charge on any atom is 0.133 e. The molecule has 18 heavy (non-hydrogen) atoms. The molecular formula is C11H18N4OS2.